The summed E-state index contributed by atoms with van der Waals surface area (Å²) in [7, 11) is 1.62. The van der Waals surface area contributed by atoms with Crippen molar-refractivity contribution in [3.63, 3.8) is 0 Å². The minimum atomic E-state index is 0.446. The summed E-state index contributed by atoms with van der Waals surface area (Å²) in [5.41, 5.74) is 6.45. The molecule has 29 heavy (non-hydrogen) atoms. The number of hydrogen-bond acceptors (Lipinski definition) is 5. The normalized spacial score (nSPS) is 10.8. The molecule has 0 aliphatic carbocycles. The first-order valence-corrected chi connectivity index (χ1v) is 10.3. The lowest BCUT2D eigenvalue weighted by Gasteiger charge is -2.16. The molecule has 0 spiro atoms. The van der Waals surface area contributed by atoms with Crippen LogP contribution in [0.2, 0.25) is 5.02 Å². The van der Waals surface area contributed by atoms with Gasteiger partial charge in [-0.15, -0.1) is 0 Å². The van der Waals surface area contributed by atoms with Gasteiger partial charge in [0.1, 0.15) is 6.61 Å². The summed E-state index contributed by atoms with van der Waals surface area (Å²) >= 11 is 11.8. The third-order valence-corrected chi connectivity index (χ3v) is 5.25. The second kappa shape index (κ2) is 9.80. The van der Waals surface area contributed by atoms with E-state index in [0.29, 0.717) is 34.4 Å². The fourth-order valence-electron chi connectivity index (χ4n) is 2.96. The van der Waals surface area contributed by atoms with E-state index in [9.17, 15) is 0 Å². The highest BCUT2D eigenvalue weighted by atomic mass is 35.5. The number of nitrogens with zero attached hydrogens (tertiary/aromatic N) is 2. The molecule has 0 aliphatic heterocycles. The largest absolute Gasteiger partial charge is 0.493 e. The second-order valence-electron chi connectivity index (χ2n) is 6.67. The van der Waals surface area contributed by atoms with Gasteiger partial charge in [-0.3, -0.25) is 5.10 Å². The Hall–Kier alpha value is -2.51. The molecule has 1 aromatic heterocycles. The summed E-state index contributed by atoms with van der Waals surface area (Å²) in [5.74, 6) is 2.10. The Labute approximate surface area is 180 Å². The summed E-state index contributed by atoms with van der Waals surface area (Å²) in [5, 5.41) is 7.66. The fraction of sp³-hybridized carbons (Fsp3) is 0.333. The Morgan fingerprint density at radius 3 is 2.72 bits per heavy atom. The Morgan fingerprint density at radius 1 is 1.21 bits per heavy atom. The van der Waals surface area contributed by atoms with Crippen LogP contribution < -0.4 is 14.9 Å². The number of ether oxygens (including phenoxy) is 2. The lowest BCUT2D eigenvalue weighted by Crippen LogP contribution is -2.18. The molecule has 6 nitrogen and oxygen atoms in total. The van der Waals surface area contributed by atoms with Crippen molar-refractivity contribution in [1.29, 1.82) is 0 Å². The van der Waals surface area contributed by atoms with Crippen LogP contribution in [-0.2, 0) is 19.6 Å². The lowest BCUT2D eigenvalue weighted by molar-refractivity contribution is 0.283. The number of nitrogens with one attached hydrogen (secondary N) is 2. The smallest absolute Gasteiger partial charge is 0.214 e. The summed E-state index contributed by atoms with van der Waals surface area (Å²) in [6.07, 6.45) is 1.80. The van der Waals surface area contributed by atoms with Gasteiger partial charge in [0.2, 0.25) is 4.77 Å². The fourth-order valence-corrected chi connectivity index (χ4v) is 3.40. The topological polar surface area (TPSA) is 64.1 Å². The van der Waals surface area contributed by atoms with E-state index in [1.165, 1.54) is 5.56 Å². The molecule has 0 aliphatic rings. The third-order valence-electron chi connectivity index (χ3n) is 4.62. The van der Waals surface area contributed by atoms with E-state index in [4.69, 9.17) is 33.3 Å². The Morgan fingerprint density at radius 2 is 2.00 bits per heavy atom. The molecule has 0 atom stereocenters. The number of benzene rings is 2. The first kappa shape index (κ1) is 21.2. The molecule has 0 amide bonds. The monoisotopic (exact) mass is 432 g/mol. The number of aromatic nitrogens is 3. The van der Waals surface area contributed by atoms with E-state index in [1.54, 1.807) is 17.9 Å². The molecule has 1 heterocycles. The van der Waals surface area contributed by atoms with Gasteiger partial charge in [0, 0.05) is 17.5 Å². The number of aryl methyl sites for hydroxylation is 2. The number of aromatic amines is 1. The van der Waals surface area contributed by atoms with Gasteiger partial charge in [0.25, 0.3) is 0 Å². The second-order valence-corrected chi connectivity index (χ2v) is 7.47. The van der Waals surface area contributed by atoms with Crippen molar-refractivity contribution in [2.24, 2.45) is 0 Å². The number of H-pyrrole nitrogens is 1. The molecule has 0 fully saturated rings. The van der Waals surface area contributed by atoms with Crippen molar-refractivity contribution in [3.8, 4) is 11.5 Å². The van der Waals surface area contributed by atoms with Crippen molar-refractivity contribution in [2.45, 2.75) is 39.8 Å². The molecule has 154 valence electrons. The first-order chi connectivity index (χ1) is 14.0. The third kappa shape index (κ3) is 5.10. The van der Waals surface area contributed by atoms with Gasteiger partial charge in [0.15, 0.2) is 17.3 Å². The van der Waals surface area contributed by atoms with Crippen LogP contribution in [0.4, 0.5) is 0 Å². The maximum absolute atomic E-state index is 6.52. The van der Waals surface area contributed by atoms with Gasteiger partial charge in [-0.2, -0.15) is 5.10 Å². The van der Waals surface area contributed by atoms with Crippen molar-refractivity contribution in [3.05, 3.63) is 68.7 Å². The average molecular weight is 433 g/mol. The van der Waals surface area contributed by atoms with Crippen molar-refractivity contribution in [1.82, 2.24) is 14.9 Å². The highest BCUT2D eigenvalue weighted by Crippen LogP contribution is 2.34. The molecule has 0 unspecified atom stereocenters. The SMILES string of the molecule is CCCc1n[nH]c(=S)n1NCc1cc(OC)c(OCc2ccccc2C)cc1Cl. The average Bonchev–Trinajstić information content (AvgIpc) is 3.06. The number of halogens is 1. The van der Waals surface area contributed by atoms with E-state index >= 15 is 0 Å². The molecule has 2 N–H and O–H groups in total. The molecule has 0 radical (unpaired) electrons. The maximum Gasteiger partial charge on any atom is 0.214 e. The van der Waals surface area contributed by atoms with Gasteiger partial charge in [0.05, 0.1) is 13.7 Å². The van der Waals surface area contributed by atoms with E-state index in [1.807, 2.05) is 24.3 Å². The first-order valence-electron chi connectivity index (χ1n) is 9.47. The summed E-state index contributed by atoms with van der Waals surface area (Å²) < 4.78 is 13.8. The van der Waals surface area contributed by atoms with Crippen LogP contribution in [-0.4, -0.2) is 22.0 Å². The predicted octanol–water partition coefficient (Wildman–Crippen LogP) is 5.19. The Kier molecular flexibility index (Phi) is 7.17. The van der Waals surface area contributed by atoms with E-state index < -0.39 is 0 Å². The van der Waals surface area contributed by atoms with E-state index in [2.05, 4.69) is 35.5 Å². The molecule has 3 aromatic rings. The summed E-state index contributed by atoms with van der Waals surface area (Å²) in [4.78, 5) is 0. The number of methoxy groups -OCH3 is 1. The van der Waals surface area contributed by atoms with Crippen molar-refractivity contribution < 1.29 is 9.47 Å². The van der Waals surface area contributed by atoms with Gasteiger partial charge >= 0.3 is 0 Å². The molecular weight excluding hydrogens is 408 g/mol. The minimum Gasteiger partial charge on any atom is -0.493 e. The molecule has 0 bridgehead atoms. The summed E-state index contributed by atoms with van der Waals surface area (Å²) in [6, 6.07) is 11.8. The van der Waals surface area contributed by atoms with Crippen LogP contribution >= 0.6 is 23.8 Å². The van der Waals surface area contributed by atoms with Gasteiger partial charge < -0.3 is 14.9 Å². The maximum atomic E-state index is 6.52. The zero-order valence-electron chi connectivity index (χ0n) is 16.8. The van der Waals surface area contributed by atoms with Crippen LogP contribution in [0, 0.1) is 11.7 Å². The Bertz CT molecular complexity index is 1030. The molecule has 8 heteroatoms. The molecule has 0 saturated heterocycles. The highest BCUT2D eigenvalue weighted by molar-refractivity contribution is 7.71. The van der Waals surface area contributed by atoms with E-state index in [-0.39, 0.29) is 0 Å². The van der Waals surface area contributed by atoms with Crippen molar-refractivity contribution in [2.75, 3.05) is 12.5 Å². The molecular formula is C21H25ClN4O2S. The van der Waals surface area contributed by atoms with Crippen LogP contribution in [0.3, 0.4) is 0 Å². The van der Waals surface area contributed by atoms with Gasteiger partial charge in [-0.05, 0) is 48.3 Å². The lowest BCUT2D eigenvalue weighted by atomic mass is 10.1. The van der Waals surface area contributed by atoms with Crippen LogP contribution in [0.1, 0.15) is 35.9 Å². The molecule has 0 saturated carbocycles. The highest BCUT2D eigenvalue weighted by Gasteiger charge is 2.13. The van der Waals surface area contributed by atoms with Crippen LogP contribution in [0.5, 0.6) is 11.5 Å². The molecule has 2 aromatic carbocycles. The van der Waals surface area contributed by atoms with Crippen molar-refractivity contribution >= 4 is 23.8 Å². The zero-order chi connectivity index (χ0) is 20.8. The quantitative estimate of drug-likeness (QED) is 0.456. The van der Waals surface area contributed by atoms with E-state index in [0.717, 1.165) is 29.8 Å². The van der Waals surface area contributed by atoms with Crippen LogP contribution in [0.25, 0.3) is 0 Å². The van der Waals surface area contributed by atoms with Gasteiger partial charge in [-0.1, -0.05) is 42.8 Å². The predicted molar refractivity (Wildman–Crippen MR) is 118 cm³/mol. The van der Waals surface area contributed by atoms with Gasteiger partial charge in [-0.25, -0.2) is 4.68 Å². The minimum absolute atomic E-state index is 0.446. The standard InChI is InChI=1S/C21H25ClN4O2S/c1-4-7-20-24-25-21(29)26(20)23-12-16-10-18(27-3)19(11-17(16)22)28-13-15-9-6-5-8-14(15)2/h5-6,8-11,23H,4,7,12-13H2,1-3H3,(H,25,29). The number of hydrogen-bond donors (Lipinski definition) is 2. The summed E-state index contributed by atoms with van der Waals surface area (Å²) in [6.45, 7) is 5.07. The molecule has 3 rings (SSSR count). The Balaban J connectivity index is 1.75. The van der Waals surface area contributed by atoms with Crippen LogP contribution in [0.15, 0.2) is 36.4 Å². The number of rotatable bonds is 9. The zero-order valence-corrected chi connectivity index (χ0v) is 18.4.